The minimum Gasteiger partial charge on any atom is -0.353 e. The fraction of sp³-hybridized carbons (Fsp3) is 0.450. The third-order valence-corrected chi connectivity index (χ3v) is 4.85. The maximum Gasteiger partial charge on any atom is 0.272 e. The largest absolute Gasteiger partial charge is 0.353 e. The van der Waals surface area contributed by atoms with Crippen LogP contribution in [0.3, 0.4) is 0 Å². The number of aromatic nitrogens is 2. The Morgan fingerprint density at radius 3 is 2.50 bits per heavy atom. The number of piperidine rings is 1. The Hall–Kier alpha value is -2.63. The Kier molecular flexibility index (Phi) is 5.71. The number of likely N-dealkylation sites (tertiary alicyclic amines) is 1. The van der Waals surface area contributed by atoms with Crippen molar-refractivity contribution in [2.24, 2.45) is 7.05 Å². The number of aryl methyl sites for hydroxylation is 3. The zero-order valence-electron chi connectivity index (χ0n) is 15.4. The highest BCUT2D eigenvalue weighted by atomic mass is 16.2. The van der Waals surface area contributed by atoms with Crippen molar-refractivity contribution >= 4 is 11.8 Å². The van der Waals surface area contributed by atoms with Gasteiger partial charge in [-0.3, -0.25) is 14.3 Å². The molecular formula is C20H26N4O2. The molecule has 6 heteroatoms. The zero-order chi connectivity index (χ0) is 18.5. The Morgan fingerprint density at radius 1 is 1.19 bits per heavy atom. The van der Waals surface area contributed by atoms with Crippen molar-refractivity contribution in [1.82, 2.24) is 20.0 Å². The van der Waals surface area contributed by atoms with Crippen LogP contribution in [0.15, 0.2) is 36.4 Å². The number of carbonyl (C=O) groups is 2. The van der Waals surface area contributed by atoms with Crippen molar-refractivity contribution in [3.63, 3.8) is 0 Å². The summed E-state index contributed by atoms with van der Waals surface area (Å²) in [5, 5.41) is 7.35. The molecule has 1 saturated heterocycles. The zero-order valence-corrected chi connectivity index (χ0v) is 15.4. The third kappa shape index (κ3) is 4.50. The van der Waals surface area contributed by atoms with Crippen LogP contribution < -0.4 is 5.32 Å². The van der Waals surface area contributed by atoms with E-state index in [0.717, 1.165) is 25.0 Å². The molecule has 1 fully saturated rings. The molecule has 1 aromatic heterocycles. The van der Waals surface area contributed by atoms with Crippen molar-refractivity contribution in [2.45, 2.75) is 38.6 Å². The molecule has 2 aromatic rings. The Bertz CT molecular complexity index is 761. The number of benzene rings is 1. The molecule has 6 nitrogen and oxygen atoms in total. The SMILES string of the molecule is Cc1cc(C(=O)N2CCC(NC(=O)CCc3ccccc3)CC2)n(C)n1. The first-order valence-corrected chi connectivity index (χ1v) is 9.16. The summed E-state index contributed by atoms with van der Waals surface area (Å²) in [6.45, 7) is 3.20. The van der Waals surface area contributed by atoms with Crippen molar-refractivity contribution in [1.29, 1.82) is 0 Å². The maximum absolute atomic E-state index is 12.6. The molecule has 1 N–H and O–H groups in total. The molecule has 0 bridgehead atoms. The summed E-state index contributed by atoms with van der Waals surface area (Å²) in [5.74, 6) is 0.0999. The van der Waals surface area contributed by atoms with Crippen molar-refractivity contribution in [2.75, 3.05) is 13.1 Å². The highest BCUT2D eigenvalue weighted by Crippen LogP contribution is 2.15. The van der Waals surface area contributed by atoms with E-state index in [1.165, 1.54) is 5.56 Å². The summed E-state index contributed by atoms with van der Waals surface area (Å²) in [5.41, 5.74) is 2.64. The van der Waals surface area contributed by atoms with Crippen LogP contribution in [0, 0.1) is 6.92 Å². The highest BCUT2D eigenvalue weighted by molar-refractivity contribution is 5.92. The second kappa shape index (κ2) is 8.17. The second-order valence-corrected chi connectivity index (χ2v) is 6.91. The van der Waals surface area contributed by atoms with Gasteiger partial charge < -0.3 is 10.2 Å². The van der Waals surface area contributed by atoms with Gasteiger partial charge in [0.15, 0.2) is 0 Å². The van der Waals surface area contributed by atoms with Gasteiger partial charge in [0.1, 0.15) is 5.69 Å². The van der Waals surface area contributed by atoms with E-state index in [9.17, 15) is 9.59 Å². The Balaban J connectivity index is 1.44. The molecule has 0 spiro atoms. The number of nitrogens with zero attached hydrogens (tertiary/aromatic N) is 3. The molecule has 2 amide bonds. The number of amides is 2. The molecule has 1 aliphatic rings. The summed E-state index contributed by atoms with van der Waals surface area (Å²) in [6, 6.07) is 12.0. The fourth-order valence-electron chi connectivity index (χ4n) is 3.40. The van der Waals surface area contributed by atoms with Crippen LogP contribution in [0.4, 0.5) is 0 Å². The summed E-state index contributed by atoms with van der Waals surface area (Å²) in [7, 11) is 1.79. The minimum absolute atomic E-state index is 0.0157. The third-order valence-electron chi connectivity index (χ3n) is 4.85. The molecule has 2 heterocycles. The molecule has 0 aliphatic carbocycles. The van der Waals surface area contributed by atoms with Crippen molar-refractivity contribution in [3.8, 4) is 0 Å². The lowest BCUT2D eigenvalue weighted by molar-refractivity contribution is -0.122. The van der Waals surface area contributed by atoms with Gasteiger partial charge in [-0.15, -0.1) is 0 Å². The maximum atomic E-state index is 12.6. The van der Waals surface area contributed by atoms with Gasteiger partial charge >= 0.3 is 0 Å². The number of carbonyl (C=O) groups excluding carboxylic acids is 2. The molecule has 0 atom stereocenters. The van der Waals surface area contributed by atoms with E-state index in [1.54, 1.807) is 11.7 Å². The average Bonchev–Trinajstić information content (AvgIpc) is 2.99. The lowest BCUT2D eigenvalue weighted by atomic mass is 10.0. The van der Waals surface area contributed by atoms with Gasteiger partial charge in [-0.1, -0.05) is 30.3 Å². The van der Waals surface area contributed by atoms with Crippen LogP contribution in [0.1, 0.15) is 41.0 Å². The van der Waals surface area contributed by atoms with E-state index in [4.69, 9.17) is 0 Å². The molecule has 0 saturated carbocycles. The van der Waals surface area contributed by atoms with Gasteiger partial charge in [-0.2, -0.15) is 5.10 Å². The minimum atomic E-state index is 0.0157. The van der Waals surface area contributed by atoms with Crippen molar-refractivity contribution < 1.29 is 9.59 Å². The van der Waals surface area contributed by atoms with Gasteiger partial charge in [-0.05, 0) is 37.8 Å². The number of hydrogen-bond donors (Lipinski definition) is 1. The van der Waals surface area contributed by atoms with E-state index < -0.39 is 0 Å². The predicted molar refractivity (Wildman–Crippen MR) is 99.8 cm³/mol. The van der Waals surface area contributed by atoms with Crippen LogP contribution in [0.2, 0.25) is 0 Å². The highest BCUT2D eigenvalue weighted by Gasteiger charge is 2.26. The quantitative estimate of drug-likeness (QED) is 0.894. The molecule has 1 aliphatic heterocycles. The molecule has 0 radical (unpaired) electrons. The van der Waals surface area contributed by atoms with Crippen LogP contribution >= 0.6 is 0 Å². The van der Waals surface area contributed by atoms with E-state index in [-0.39, 0.29) is 17.9 Å². The van der Waals surface area contributed by atoms with Gasteiger partial charge in [0.25, 0.3) is 5.91 Å². The molecule has 0 unspecified atom stereocenters. The van der Waals surface area contributed by atoms with Crippen LogP contribution in [0.25, 0.3) is 0 Å². The van der Waals surface area contributed by atoms with E-state index in [0.29, 0.717) is 25.2 Å². The fourth-order valence-corrected chi connectivity index (χ4v) is 3.40. The lowest BCUT2D eigenvalue weighted by Gasteiger charge is -2.32. The summed E-state index contributed by atoms with van der Waals surface area (Å²) in [6.07, 6.45) is 2.83. The first kappa shape index (κ1) is 18.2. The first-order valence-electron chi connectivity index (χ1n) is 9.16. The van der Waals surface area contributed by atoms with Crippen molar-refractivity contribution in [3.05, 3.63) is 53.3 Å². The second-order valence-electron chi connectivity index (χ2n) is 6.91. The standard InChI is InChI=1S/C20H26N4O2/c1-15-14-18(23(2)22-15)20(26)24-12-10-17(11-13-24)21-19(25)9-8-16-6-4-3-5-7-16/h3-7,14,17H,8-13H2,1-2H3,(H,21,25). The summed E-state index contributed by atoms with van der Waals surface area (Å²) >= 11 is 0. The van der Waals surface area contributed by atoms with Gasteiger partial charge in [0, 0.05) is 32.6 Å². The number of nitrogens with one attached hydrogen (secondary N) is 1. The Labute approximate surface area is 154 Å². The first-order chi connectivity index (χ1) is 12.5. The van der Waals surface area contributed by atoms with Crippen LogP contribution in [-0.2, 0) is 18.3 Å². The lowest BCUT2D eigenvalue weighted by Crippen LogP contribution is -2.46. The molecule has 1 aromatic carbocycles. The van der Waals surface area contributed by atoms with Gasteiger partial charge in [0.05, 0.1) is 5.69 Å². The summed E-state index contributed by atoms with van der Waals surface area (Å²) in [4.78, 5) is 26.6. The van der Waals surface area contributed by atoms with Gasteiger partial charge in [0.2, 0.25) is 5.91 Å². The smallest absolute Gasteiger partial charge is 0.272 e. The van der Waals surface area contributed by atoms with Crippen LogP contribution in [0.5, 0.6) is 0 Å². The Morgan fingerprint density at radius 2 is 1.88 bits per heavy atom. The molecule has 3 rings (SSSR count). The van der Waals surface area contributed by atoms with Gasteiger partial charge in [-0.25, -0.2) is 0 Å². The topological polar surface area (TPSA) is 67.2 Å². The van der Waals surface area contributed by atoms with E-state index in [2.05, 4.69) is 10.4 Å². The predicted octanol–water partition coefficient (Wildman–Crippen LogP) is 2.08. The molecular weight excluding hydrogens is 328 g/mol. The molecule has 138 valence electrons. The number of rotatable bonds is 5. The summed E-state index contributed by atoms with van der Waals surface area (Å²) < 4.78 is 1.63. The normalized spacial score (nSPS) is 15.1. The van der Waals surface area contributed by atoms with Crippen LogP contribution in [-0.4, -0.2) is 45.6 Å². The van der Waals surface area contributed by atoms with E-state index in [1.807, 2.05) is 48.2 Å². The number of hydrogen-bond acceptors (Lipinski definition) is 3. The molecule has 26 heavy (non-hydrogen) atoms. The average molecular weight is 354 g/mol. The van der Waals surface area contributed by atoms with E-state index >= 15 is 0 Å². The monoisotopic (exact) mass is 354 g/mol.